The summed E-state index contributed by atoms with van der Waals surface area (Å²) in [6, 6.07) is 29.7. The Bertz CT molecular complexity index is 1500. The second-order valence-electron chi connectivity index (χ2n) is 7.13. The third kappa shape index (κ3) is 2.52. The van der Waals surface area contributed by atoms with E-state index in [0.29, 0.717) is 5.58 Å². The van der Waals surface area contributed by atoms with E-state index >= 15 is 0 Å². The van der Waals surface area contributed by atoms with Crippen molar-refractivity contribution in [1.29, 1.82) is 0 Å². The molecule has 0 fully saturated rings. The van der Waals surface area contributed by atoms with Crippen LogP contribution in [0.1, 0.15) is 0 Å². The molecule has 4 aromatic carbocycles. The summed E-state index contributed by atoms with van der Waals surface area (Å²) < 4.78 is 6.02. The molecule has 0 saturated heterocycles. The van der Waals surface area contributed by atoms with Crippen LogP contribution in [-0.2, 0) is 0 Å². The molecule has 0 N–H and O–H groups in total. The largest absolute Gasteiger partial charge is 0.453 e. The fraction of sp³-hybridized carbons (Fsp3) is 0. The molecule has 3 nitrogen and oxygen atoms in total. The van der Waals surface area contributed by atoms with Gasteiger partial charge in [0, 0.05) is 5.39 Å². The fourth-order valence-corrected chi connectivity index (χ4v) is 4.12. The average molecular weight is 372 g/mol. The monoisotopic (exact) mass is 372 g/mol. The first-order chi connectivity index (χ1) is 14.4. The van der Waals surface area contributed by atoms with E-state index in [0.717, 1.165) is 21.9 Å². The van der Waals surface area contributed by atoms with Crippen LogP contribution in [0.2, 0.25) is 0 Å². The summed E-state index contributed by atoms with van der Waals surface area (Å²) in [6.45, 7) is 0. The summed E-state index contributed by atoms with van der Waals surface area (Å²) in [7, 11) is 0. The van der Waals surface area contributed by atoms with Gasteiger partial charge in [0.15, 0.2) is 5.58 Å². The first kappa shape index (κ1) is 16.0. The number of furan rings is 1. The molecule has 136 valence electrons. The van der Waals surface area contributed by atoms with E-state index in [2.05, 4.69) is 82.8 Å². The molecular formula is C26H16N2O. The first-order valence-electron chi connectivity index (χ1n) is 9.58. The minimum Gasteiger partial charge on any atom is -0.453 e. The Hall–Kier alpha value is -3.98. The highest BCUT2D eigenvalue weighted by atomic mass is 16.3. The van der Waals surface area contributed by atoms with Crippen LogP contribution in [0.5, 0.6) is 0 Å². The standard InChI is InChI=1S/C26H16N2O/c1-2-6-17(7-3-1)19-9-4-10-20(14-19)21-11-5-8-18-12-13-22-25(24(18)21)26-23(29-22)15-27-16-28-26/h1-16H. The third-order valence-electron chi connectivity index (χ3n) is 5.42. The zero-order chi connectivity index (χ0) is 19.2. The highest BCUT2D eigenvalue weighted by molar-refractivity contribution is 6.21. The molecule has 0 aliphatic rings. The van der Waals surface area contributed by atoms with Crippen LogP contribution in [0.3, 0.4) is 0 Å². The Kier molecular flexibility index (Phi) is 3.47. The zero-order valence-electron chi connectivity index (χ0n) is 15.5. The van der Waals surface area contributed by atoms with Crippen LogP contribution >= 0.6 is 0 Å². The lowest BCUT2D eigenvalue weighted by molar-refractivity contribution is 0.666. The third-order valence-corrected chi connectivity index (χ3v) is 5.42. The maximum atomic E-state index is 6.02. The lowest BCUT2D eigenvalue weighted by atomic mass is 9.93. The smallest absolute Gasteiger partial charge is 0.172 e. The molecule has 0 aliphatic carbocycles. The van der Waals surface area contributed by atoms with E-state index in [4.69, 9.17) is 4.42 Å². The number of nitrogens with zero attached hydrogens (tertiary/aromatic N) is 2. The van der Waals surface area contributed by atoms with Crippen LogP contribution in [0.25, 0.3) is 55.1 Å². The van der Waals surface area contributed by atoms with E-state index in [-0.39, 0.29) is 0 Å². The minimum atomic E-state index is 0.711. The van der Waals surface area contributed by atoms with Gasteiger partial charge in [0.2, 0.25) is 0 Å². The summed E-state index contributed by atoms with van der Waals surface area (Å²) in [5.74, 6) is 0. The summed E-state index contributed by atoms with van der Waals surface area (Å²) in [5, 5.41) is 3.37. The van der Waals surface area contributed by atoms with Crippen molar-refractivity contribution in [2.24, 2.45) is 0 Å². The van der Waals surface area contributed by atoms with Gasteiger partial charge in [-0.05, 0) is 39.8 Å². The fourth-order valence-electron chi connectivity index (χ4n) is 4.12. The van der Waals surface area contributed by atoms with Crippen LogP contribution in [-0.4, -0.2) is 9.97 Å². The topological polar surface area (TPSA) is 38.9 Å². The van der Waals surface area contributed by atoms with Gasteiger partial charge in [-0.15, -0.1) is 0 Å². The molecule has 3 heteroatoms. The lowest BCUT2D eigenvalue weighted by Gasteiger charge is -2.10. The zero-order valence-corrected chi connectivity index (χ0v) is 15.5. The Balaban J connectivity index is 1.69. The van der Waals surface area contributed by atoms with E-state index in [1.807, 2.05) is 12.1 Å². The summed E-state index contributed by atoms with van der Waals surface area (Å²) in [5.41, 5.74) is 7.16. The van der Waals surface area contributed by atoms with Crippen LogP contribution in [0.15, 0.2) is 102 Å². The van der Waals surface area contributed by atoms with Gasteiger partial charge in [0.25, 0.3) is 0 Å². The molecule has 0 spiro atoms. The highest BCUT2D eigenvalue weighted by Crippen LogP contribution is 2.39. The molecule has 0 amide bonds. The average Bonchev–Trinajstić information content (AvgIpc) is 3.18. The molecule has 0 bridgehead atoms. The van der Waals surface area contributed by atoms with Crippen LogP contribution in [0, 0.1) is 0 Å². The quantitative estimate of drug-likeness (QED) is 0.333. The van der Waals surface area contributed by atoms with Gasteiger partial charge in [-0.1, -0.05) is 72.8 Å². The molecule has 29 heavy (non-hydrogen) atoms. The summed E-state index contributed by atoms with van der Waals surface area (Å²) in [6.07, 6.45) is 3.31. The van der Waals surface area contributed by atoms with Gasteiger partial charge in [0.1, 0.15) is 17.4 Å². The minimum absolute atomic E-state index is 0.711. The maximum Gasteiger partial charge on any atom is 0.172 e. The number of aromatic nitrogens is 2. The van der Waals surface area contributed by atoms with Crippen molar-refractivity contribution in [1.82, 2.24) is 9.97 Å². The number of fused-ring (bicyclic) bond motifs is 5. The van der Waals surface area contributed by atoms with Gasteiger partial charge in [-0.3, -0.25) is 0 Å². The van der Waals surface area contributed by atoms with Crippen molar-refractivity contribution < 1.29 is 4.42 Å². The second-order valence-corrected chi connectivity index (χ2v) is 7.13. The molecule has 0 radical (unpaired) electrons. The van der Waals surface area contributed by atoms with Crippen molar-refractivity contribution in [2.75, 3.05) is 0 Å². The summed E-state index contributed by atoms with van der Waals surface area (Å²) >= 11 is 0. The number of hydrogen-bond donors (Lipinski definition) is 0. The van der Waals surface area contributed by atoms with E-state index in [1.54, 1.807) is 12.5 Å². The Morgan fingerprint density at radius 3 is 2.38 bits per heavy atom. The van der Waals surface area contributed by atoms with Gasteiger partial charge in [-0.25, -0.2) is 9.97 Å². The van der Waals surface area contributed by atoms with Gasteiger partial charge < -0.3 is 4.42 Å². The second kappa shape index (κ2) is 6.28. The Labute approximate surface area is 167 Å². The van der Waals surface area contributed by atoms with Crippen molar-refractivity contribution in [3.63, 3.8) is 0 Å². The van der Waals surface area contributed by atoms with Gasteiger partial charge in [-0.2, -0.15) is 0 Å². The number of hydrogen-bond acceptors (Lipinski definition) is 3. The first-order valence-corrected chi connectivity index (χ1v) is 9.58. The van der Waals surface area contributed by atoms with Crippen molar-refractivity contribution >= 4 is 32.8 Å². The van der Waals surface area contributed by atoms with Crippen molar-refractivity contribution in [3.8, 4) is 22.3 Å². The predicted molar refractivity (Wildman–Crippen MR) is 118 cm³/mol. The van der Waals surface area contributed by atoms with E-state index in [9.17, 15) is 0 Å². The summed E-state index contributed by atoms with van der Waals surface area (Å²) in [4.78, 5) is 8.62. The van der Waals surface area contributed by atoms with Gasteiger partial charge >= 0.3 is 0 Å². The molecule has 6 aromatic rings. The molecular weight excluding hydrogens is 356 g/mol. The predicted octanol–water partition coefficient (Wildman–Crippen LogP) is 6.86. The molecule has 0 saturated carbocycles. The van der Waals surface area contributed by atoms with Crippen LogP contribution in [0.4, 0.5) is 0 Å². The van der Waals surface area contributed by atoms with Crippen molar-refractivity contribution in [2.45, 2.75) is 0 Å². The number of rotatable bonds is 2. The molecule has 0 unspecified atom stereocenters. The Morgan fingerprint density at radius 1 is 0.621 bits per heavy atom. The normalized spacial score (nSPS) is 11.4. The highest BCUT2D eigenvalue weighted by Gasteiger charge is 2.15. The number of benzene rings is 4. The SMILES string of the molecule is c1ccc(-c2cccc(-c3cccc4ccc5oc6cncnc6c5c34)c2)cc1. The molecule has 0 atom stereocenters. The van der Waals surface area contributed by atoms with Crippen LogP contribution < -0.4 is 0 Å². The molecule has 2 aromatic heterocycles. The van der Waals surface area contributed by atoms with E-state index < -0.39 is 0 Å². The lowest BCUT2D eigenvalue weighted by Crippen LogP contribution is -1.85. The van der Waals surface area contributed by atoms with Crippen molar-refractivity contribution in [3.05, 3.63) is 97.5 Å². The Morgan fingerprint density at radius 2 is 1.45 bits per heavy atom. The molecule has 0 aliphatic heterocycles. The van der Waals surface area contributed by atoms with Gasteiger partial charge in [0.05, 0.1) is 11.6 Å². The molecule has 2 heterocycles. The maximum absolute atomic E-state index is 6.02. The van der Waals surface area contributed by atoms with E-state index in [1.165, 1.54) is 27.6 Å². The molecule has 6 rings (SSSR count).